The SMILES string of the molecule is CCN(CC)[Si](Cl)(N1C=CC(=C2C=CN([Si](Cl)(N(CC)CC)N(CC)CC)C=C2)C=C1)N(CC)CC. The Bertz CT molecular complexity index is 719. The lowest BCUT2D eigenvalue weighted by molar-refractivity contribution is 0.329. The first-order valence-electron chi connectivity index (χ1n) is 13.7. The minimum atomic E-state index is -2.56. The third-order valence-electron chi connectivity index (χ3n) is 7.31. The number of nitrogens with zero attached hydrogens (tertiary/aromatic N) is 6. The summed E-state index contributed by atoms with van der Waals surface area (Å²) in [6, 6.07) is 0. The van der Waals surface area contributed by atoms with Crippen molar-refractivity contribution in [1.29, 1.82) is 0 Å². The van der Waals surface area contributed by atoms with Crippen LogP contribution in [-0.2, 0) is 0 Å². The zero-order valence-corrected chi connectivity index (χ0v) is 27.2. The monoisotopic (exact) mass is 570 g/mol. The van der Waals surface area contributed by atoms with Crippen LogP contribution < -0.4 is 0 Å². The molecule has 0 unspecified atom stereocenters. The van der Waals surface area contributed by atoms with Gasteiger partial charge in [-0.1, -0.05) is 55.4 Å². The van der Waals surface area contributed by atoms with Crippen LogP contribution in [0.3, 0.4) is 0 Å². The zero-order chi connectivity index (χ0) is 26.9. The van der Waals surface area contributed by atoms with Crippen LogP contribution in [0.15, 0.2) is 60.3 Å². The quantitative estimate of drug-likeness (QED) is 0.196. The summed E-state index contributed by atoms with van der Waals surface area (Å²) in [5, 5.41) is 0. The first kappa shape index (κ1) is 31.4. The van der Waals surface area contributed by atoms with Crippen LogP contribution >= 0.6 is 22.2 Å². The molecule has 0 saturated heterocycles. The lowest BCUT2D eigenvalue weighted by Gasteiger charge is -2.48. The summed E-state index contributed by atoms with van der Waals surface area (Å²) < 4.78 is 14.2. The normalized spacial score (nSPS) is 16.7. The third kappa shape index (κ3) is 6.07. The molecule has 0 aliphatic carbocycles. The largest absolute Gasteiger partial charge is 0.427 e. The van der Waals surface area contributed by atoms with Gasteiger partial charge in [0.25, 0.3) is 0 Å². The van der Waals surface area contributed by atoms with Crippen molar-refractivity contribution < 1.29 is 0 Å². The molecule has 0 fully saturated rings. The van der Waals surface area contributed by atoms with Crippen LogP contribution in [0.4, 0.5) is 0 Å². The van der Waals surface area contributed by atoms with Gasteiger partial charge in [-0.05, 0) is 113 Å². The van der Waals surface area contributed by atoms with Gasteiger partial charge in [0.15, 0.2) is 0 Å². The van der Waals surface area contributed by atoms with E-state index in [2.05, 4.69) is 132 Å². The van der Waals surface area contributed by atoms with Gasteiger partial charge < -0.3 is 9.13 Å². The molecule has 36 heavy (non-hydrogen) atoms. The summed E-state index contributed by atoms with van der Waals surface area (Å²) >= 11 is 15.0. The molecule has 0 amide bonds. The van der Waals surface area contributed by atoms with E-state index >= 15 is 0 Å². The van der Waals surface area contributed by atoms with Crippen LogP contribution in [0.1, 0.15) is 55.4 Å². The predicted octanol–water partition coefficient (Wildman–Crippen LogP) is 5.69. The highest BCUT2D eigenvalue weighted by molar-refractivity contribution is 7.16. The Morgan fingerprint density at radius 3 is 0.833 bits per heavy atom. The van der Waals surface area contributed by atoms with E-state index in [1.807, 2.05) is 0 Å². The Hall–Kier alpha value is -0.846. The van der Waals surface area contributed by atoms with Gasteiger partial charge in [-0.15, -0.1) is 22.2 Å². The molecular formula is C26H48Cl2N6Si2. The van der Waals surface area contributed by atoms with Crippen molar-refractivity contribution in [3.05, 3.63) is 60.3 Å². The van der Waals surface area contributed by atoms with Gasteiger partial charge in [0.1, 0.15) is 0 Å². The Kier molecular flexibility index (Phi) is 12.5. The van der Waals surface area contributed by atoms with Crippen LogP contribution in [0, 0.1) is 0 Å². The average molecular weight is 572 g/mol. The fourth-order valence-electron chi connectivity index (χ4n) is 5.17. The van der Waals surface area contributed by atoms with E-state index in [9.17, 15) is 0 Å². The molecule has 204 valence electrons. The van der Waals surface area contributed by atoms with Gasteiger partial charge in [-0.3, -0.25) is 18.3 Å². The zero-order valence-electron chi connectivity index (χ0n) is 23.7. The van der Waals surface area contributed by atoms with E-state index in [-0.39, 0.29) is 0 Å². The van der Waals surface area contributed by atoms with Crippen LogP contribution in [0.5, 0.6) is 0 Å². The average Bonchev–Trinajstić information content (AvgIpc) is 2.91. The summed E-state index contributed by atoms with van der Waals surface area (Å²) in [5.41, 5.74) is 2.36. The Labute approximate surface area is 232 Å². The minimum Gasteiger partial charge on any atom is -0.343 e. The predicted molar refractivity (Wildman–Crippen MR) is 162 cm³/mol. The van der Waals surface area contributed by atoms with Crippen molar-refractivity contribution in [3.8, 4) is 0 Å². The summed E-state index contributed by atoms with van der Waals surface area (Å²) in [6.45, 7) is 25.0. The highest BCUT2D eigenvalue weighted by Gasteiger charge is 2.49. The molecule has 0 aromatic carbocycles. The molecular weight excluding hydrogens is 523 g/mol. The highest BCUT2D eigenvalue weighted by Crippen LogP contribution is 2.31. The maximum atomic E-state index is 7.51. The molecule has 2 aliphatic heterocycles. The second kappa shape index (κ2) is 14.3. The van der Waals surface area contributed by atoms with Gasteiger partial charge >= 0.3 is 15.7 Å². The number of hydrogen-bond donors (Lipinski definition) is 0. The Balaban J connectivity index is 2.35. The molecule has 0 bridgehead atoms. The van der Waals surface area contributed by atoms with Crippen LogP contribution in [0.2, 0.25) is 0 Å². The van der Waals surface area contributed by atoms with Crippen molar-refractivity contribution >= 4 is 37.9 Å². The molecule has 0 saturated carbocycles. The molecule has 0 aromatic heterocycles. The fraction of sp³-hybridized carbons (Fsp3) is 0.615. The van der Waals surface area contributed by atoms with Gasteiger partial charge in [-0.25, -0.2) is 0 Å². The Morgan fingerprint density at radius 2 is 0.667 bits per heavy atom. The van der Waals surface area contributed by atoms with Crippen LogP contribution in [0.25, 0.3) is 0 Å². The topological polar surface area (TPSA) is 19.4 Å². The van der Waals surface area contributed by atoms with E-state index in [0.29, 0.717) is 0 Å². The summed E-state index contributed by atoms with van der Waals surface area (Å²) in [4.78, 5) is 0. The number of rotatable bonds is 14. The Morgan fingerprint density at radius 1 is 0.472 bits per heavy atom. The molecule has 2 heterocycles. The maximum absolute atomic E-state index is 7.51. The van der Waals surface area contributed by atoms with Gasteiger partial charge in [0.05, 0.1) is 0 Å². The third-order valence-corrected chi connectivity index (χ3v) is 19.0. The molecule has 0 spiro atoms. The molecule has 2 aliphatic rings. The van der Waals surface area contributed by atoms with E-state index < -0.39 is 15.7 Å². The summed E-state index contributed by atoms with van der Waals surface area (Å²) in [7, 11) is -5.11. The van der Waals surface area contributed by atoms with Crippen molar-refractivity contribution in [2.45, 2.75) is 55.4 Å². The van der Waals surface area contributed by atoms with Crippen molar-refractivity contribution in [2.24, 2.45) is 0 Å². The highest BCUT2D eigenvalue weighted by atomic mass is 35.6. The van der Waals surface area contributed by atoms with Gasteiger partial charge in [-0.2, -0.15) is 0 Å². The van der Waals surface area contributed by atoms with Crippen LogP contribution in [-0.4, -0.2) is 95.5 Å². The lowest BCUT2D eigenvalue weighted by Crippen LogP contribution is -2.69. The minimum absolute atomic E-state index is 0.930. The number of hydrogen-bond acceptors (Lipinski definition) is 6. The fourth-order valence-corrected chi connectivity index (χ4v) is 15.1. The number of halogens is 2. The summed E-state index contributed by atoms with van der Waals surface area (Å²) in [5.74, 6) is 0. The van der Waals surface area contributed by atoms with Gasteiger partial charge in [0, 0.05) is 0 Å². The first-order chi connectivity index (χ1) is 17.3. The van der Waals surface area contributed by atoms with Crippen molar-refractivity contribution in [1.82, 2.24) is 27.4 Å². The standard InChI is InChI=1S/C26H48Cl2N6Si2/c1-9-29(10-2)35(27,30(11-3)12-4)33-21-17-25(18-22-33)26-19-23-34(24-20-26)36(28,31(13-5)14-6)32(15-7)16-8/h17-24H,9-16H2,1-8H3. The number of allylic oxidation sites excluding steroid dienone is 6. The van der Waals surface area contributed by atoms with E-state index in [0.717, 1.165) is 52.4 Å². The molecule has 0 radical (unpaired) electrons. The van der Waals surface area contributed by atoms with E-state index in [4.69, 9.17) is 22.2 Å². The van der Waals surface area contributed by atoms with Crippen molar-refractivity contribution in [2.75, 3.05) is 52.4 Å². The molecule has 10 heteroatoms. The molecule has 0 aromatic rings. The van der Waals surface area contributed by atoms with E-state index in [1.54, 1.807) is 0 Å². The molecule has 6 nitrogen and oxygen atoms in total. The summed E-state index contributed by atoms with van der Waals surface area (Å²) in [6.07, 6.45) is 17.4. The molecule has 0 N–H and O–H groups in total. The lowest BCUT2D eigenvalue weighted by atomic mass is 10.1. The second-order valence-corrected chi connectivity index (χ2v) is 17.6. The smallest absolute Gasteiger partial charge is 0.343 e. The molecule has 0 atom stereocenters. The van der Waals surface area contributed by atoms with Crippen molar-refractivity contribution in [3.63, 3.8) is 0 Å². The second-order valence-electron chi connectivity index (χ2n) is 8.78. The first-order valence-corrected chi connectivity index (χ1v) is 19.4. The molecule has 2 rings (SSSR count). The van der Waals surface area contributed by atoms with E-state index in [1.165, 1.54) is 11.1 Å². The maximum Gasteiger partial charge on any atom is 0.427 e. The van der Waals surface area contributed by atoms with Gasteiger partial charge in [0.2, 0.25) is 0 Å².